The van der Waals surface area contributed by atoms with E-state index in [1.54, 1.807) is 30.6 Å². The Balaban J connectivity index is 2.61. The summed E-state index contributed by atoms with van der Waals surface area (Å²) in [4.78, 5) is 17.6. The predicted molar refractivity (Wildman–Crippen MR) is 63.0 cm³/mol. The maximum absolute atomic E-state index is 11.8. The van der Waals surface area contributed by atoms with Crippen LogP contribution in [-0.2, 0) is 0 Å². The highest BCUT2D eigenvalue weighted by Crippen LogP contribution is 2.17. The van der Waals surface area contributed by atoms with Crippen molar-refractivity contribution in [2.75, 3.05) is 14.1 Å². The van der Waals surface area contributed by atoms with Crippen LogP contribution in [0.1, 0.15) is 16.1 Å². The Morgan fingerprint density at radius 3 is 2.75 bits per heavy atom. The lowest BCUT2D eigenvalue weighted by atomic mass is 10.2. The van der Waals surface area contributed by atoms with Gasteiger partial charge in [-0.05, 0) is 19.1 Å². The van der Waals surface area contributed by atoms with Crippen LogP contribution in [0, 0.1) is 6.92 Å². The van der Waals surface area contributed by atoms with Gasteiger partial charge in [-0.15, -0.1) is 0 Å². The van der Waals surface area contributed by atoms with E-state index in [1.165, 1.54) is 4.90 Å². The molecule has 2 aromatic heterocycles. The second kappa shape index (κ2) is 3.79. The van der Waals surface area contributed by atoms with Gasteiger partial charge in [-0.2, -0.15) is 0 Å². The average Bonchev–Trinajstić information content (AvgIpc) is 2.57. The Kier molecular flexibility index (Phi) is 2.59. The van der Waals surface area contributed by atoms with Crippen LogP contribution in [0.4, 0.5) is 0 Å². The first-order valence-corrected chi connectivity index (χ1v) is 5.24. The van der Waals surface area contributed by atoms with Crippen molar-refractivity contribution in [1.29, 1.82) is 0 Å². The molecule has 0 saturated carbocycles. The molecule has 0 aliphatic heterocycles. The number of imidazole rings is 1. The molecular formula is C11H12ClN3O. The van der Waals surface area contributed by atoms with E-state index in [9.17, 15) is 4.79 Å². The minimum absolute atomic E-state index is 0.0787. The number of aryl methyl sites for hydroxylation is 1. The Morgan fingerprint density at radius 2 is 2.12 bits per heavy atom. The first-order valence-electron chi connectivity index (χ1n) is 4.86. The Hall–Kier alpha value is -1.55. The van der Waals surface area contributed by atoms with Gasteiger partial charge in [0.1, 0.15) is 10.8 Å². The lowest BCUT2D eigenvalue weighted by molar-refractivity contribution is 0.0827. The predicted octanol–water partition coefficient (Wildman–Crippen LogP) is 2.00. The van der Waals surface area contributed by atoms with Crippen molar-refractivity contribution >= 4 is 23.2 Å². The summed E-state index contributed by atoms with van der Waals surface area (Å²) in [5.41, 5.74) is 2.11. The van der Waals surface area contributed by atoms with Crippen molar-refractivity contribution in [3.8, 4) is 0 Å². The van der Waals surface area contributed by atoms with Gasteiger partial charge in [-0.1, -0.05) is 11.6 Å². The van der Waals surface area contributed by atoms with E-state index in [2.05, 4.69) is 4.98 Å². The molecule has 84 valence electrons. The number of halogens is 1. The number of carbonyl (C=O) groups is 1. The zero-order valence-electron chi connectivity index (χ0n) is 9.36. The van der Waals surface area contributed by atoms with Crippen LogP contribution in [0.25, 0.3) is 5.65 Å². The van der Waals surface area contributed by atoms with Crippen LogP contribution in [0.2, 0.25) is 5.15 Å². The van der Waals surface area contributed by atoms with Crippen molar-refractivity contribution in [1.82, 2.24) is 14.3 Å². The lowest BCUT2D eigenvalue weighted by Crippen LogP contribution is -2.21. The number of pyridine rings is 1. The fourth-order valence-corrected chi connectivity index (χ4v) is 1.80. The standard InChI is InChI=1S/C11H12ClN3O/c1-7-6-15-9(12)4-8(5-10(15)13-7)11(16)14(2)3/h4-6H,1-3H3. The summed E-state index contributed by atoms with van der Waals surface area (Å²) in [6.45, 7) is 1.89. The number of fused-ring (bicyclic) bond motifs is 1. The van der Waals surface area contributed by atoms with Crippen LogP contribution in [-0.4, -0.2) is 34.3 Å². The summed E-state index contributed by atoms with van der Waals surface area (Å²) in [6, 6.07) is 3.39. The summed E-state index contributed by atoms with van der Waals surface area (Å²) in [5, 5.41) is 0.489. The van der Waals surface area contributed by atoms with Gasteiger partial charge in [0.25, 0.3) is 5.91 Å². The third kappa shape index (κ3) is 1.76. The third-order valence-corrected chi connectivity index (χ3v) is 2.59. The number of aromatic nitrogens is 2. The zero-order valence-corrected chi connectivity index (χ0v) is 10.1. The molecule has 0 atom stereocenters. The van der Waals surface area contributed by atoms with Crippen molar-refractivity contribution in [2.45, 2.75) is 6.92 Å². The monoisotopic (exact) mass is 237 g/mol. The number of hydrogen-bond donors (Lipinski definition) is 0. The maximum atomic E-state index is 11.8. The van der Waals surface area contributed by atoms with E-state index >= 15 is 0 Å². The van der Waals surface area contributed by atoms with Crippen LogP contribution in [0.3, 0.4) is 0 Å². The molecule has 5 heteroatoms. The van der Waals surface area contributed by atoms with E-state index < -0.39 is 0 Å². The number of hydrogen-bond acceptors (Lipinski definition) is 2. The molecule has 0 aliphatic carbocycles. The van der Waals surface area contributed by atoms with E-state index in [4.69, 9.17) is 11.6 Å². The summed E-state index contributed by atoms with van der Waals surface area (Å²) < 4.78 is 1.75. The molecule has 0 bridgehead atoms. The molecule has 2 aromatic rings. The van der Waals surface area contributed by atoms with Gasteiger partial charge in [0.05, 0.1) is 5.69 Å². The Labute approximate surface area is 98.5 Å². The quantitative estimate of drug-likeness (QED) is 0.712. The van der Waals surface area contributed by atoms with Crippen LogP contribution in [0.5, 0.6) is 0 Å². The van der Waals surface area contributed by atoms with E-state index in [0.717, 1.165) is 5.69 Å². The number of amides is 1. The number of nitrogens with zero attached hydrogens (tertiary/aromatic N) is 3. The van der Waals surface area contributed by atoms with Gasteiger partial charge < -0.3 is 4.90 Å². The highest BCUT2D eigenvalue weighted by Gasteiger charge is 2.12. The Bertz CT molecular complexity index is 560. The van der Waals surface area contributed by atoms with Gasteiger partial charge in [0.15, 0.2) is 0 Å². The van der Waals surface area contributed by atoms with Gasteiger partial charge in [-0.3, -0.25) is 9.20 Å². The smallest absolute Gasteiger partial charge is 0.253 e. The van der Waals surface area contributed by atoms with E-state index in [-0.39, 0.29) is 5.91 Å². The largest absolute Gasteiger partial charge is 0.345 e. The first kappa shape index (κ1) is 11.0. The molecule has 4 nitrogen and oxygen atoms in total. The van der Waals surface area contributed by atoms with E-state index in [1.807, 2.05) is 13.1 Å². The minimum atomic E-state index is -0.0787. The van der Waals surface area contributed by atoms with Crippen molar-refractivity contribution in [3.05, 3.63) is 34.7 Å². The number of rotatable bonds is 1. The topological polar surface area (TPSA) is 37.6 Å². The maximum Gasteiger partial charge on any atom is 0.253 e. The highest BCUT2D eigenvalue weighted by molar-refractivity contribution is 6.30. The molecular weight excluding hydrogens is 226 g/mol. The molecule has 0 radical (unpaired) electrons. The average molecular weight is 238 g/mol. The molecule has 2 heterocycles. The van der Waals surface area contributed by atoms with Crippen LogP contribution >= 0.6 is 11.6 Å². The summed E-state index contributed by atoms with van der Waals surface area (Å²) in [5.74, 6) is -0.0787. The second-order valence-corrected chi connectivity index (χ2v) is 4.26. The zero-order chi connectivity index (χ0) is 11.9. The van der Waals surface area contributed by atoms with Gasteiger partial charge in [0, 0.05) is 25.9 Å². The fourth-order valence-electron chi connectivity index (χ4n) is 1.55. The van der Waals surface area contributed by atoms with Crippen molar-refractivity contribution < 1.29 is 4.79 Å². The molecule has 1 amide bonds. The molecule has 0 saturated heterocycles. The molecule has 0 spiro atoms. The molecule has 0 aromatic carbocycles. The molecule has 2 rings (SSSR count). The van der Waals surface area contributed by atoms with Crippen LogP contribution in [0.15, 0.2) is 18.3 Å². The second-order valence-electron chi connectivity index (χ2n) is 3.88. The summed E-state index contributed by atoms with van der Waals surface area (Å²) in [7, 11) is 3.41. The molecule has 0 fully saturated rings. The SMILES string of the molecule is Cc1cn2c(Cl)cc(C(=O)N(C)C)cc2n1. The fraction of sp³-hybridized carbons (Fsp3) is 0.273. The highest BCUT2D eigenvalue weighted by atomic mass is 35.5. The summed E-state index contributed by atoms with van der Waals surface area (Å²) >= 11 is 6.08. The molecule has 0 aliphatic rings. The van der Waals surface area contributed by atoms with Crippen molar-refractivity contribution in [2.24, 2.45) is 0 Å². The normalized spacial score (nSPS) is 10.8. The first-order chi connectivity index (χ1) is 7.49. The lowest BCUT2D eigenvalue weighted by Gasteiger charge is -2.10. The van der Waals surface area contributed by atoms with Gasteiger partial charge >= 0.3 is 0 Å². The Morgan fingerprint density at radius 1 is 1.44 bits per heavy atom. The van der Waals surface area contributed by atoms with Gasteiger partial charge in [-0.25, -0.2) is 4.98 Å². The van der Waals surface area contributed by atoms with Crippen molar-refractivity contribution in [3.63, 3.8) is 0 Å². The molecule has 16 heavy (non-hydrogen) atoms. The third-order valence-electron chi connectivity index (χ3n) is 2.30. The molecule has 0 unspecified atom stereocenters. The number of carbonyl (C=O) groups excluding carboxylic acids is 1. The minimum Gasteiger partial charge on any atom is -0.345 e. The van der Waals surface area contributed by atoms with E-state index in [0.29, 0.717) is 16.4 Å². The van der Waals surface area contributed by atoms with Crippen LogP contribution < -0.4 is 0 Å². The summed E-state index contributed by atoms with van der Waals surface area (Å²) in [6.07, 6.45) is 1.83. The molecule has 0 N–H and O–H groups in total. The van der Waals surface area contributed by atoms with Gasteiger partial charge in [0.2, 0.25) is 0 Å².